The second-order valence-corrected chi connectivity index (χ2v) is 9.99. The summed E-state index contributed by atoms with van der Waals surface area (Å²) in [5, 5.41) is 8.33. The minimum absolute atomic E-state index is 0.429. The van der Waals surface area contributed by atoms with E-state index in [-0.39, 0.29) is 0 Å². The van der Waals surface area contributed by atoms with Crippen LogP contribution in [0.3, 0.4) is 0 Å². The summed E-state index contributed by atoms with van der Waals surface area (Å²) in [5.74, 6) is 0.760. The number of fused-ring (bicyclic) bond motifs is 1. The van der Waals surface area contributed by atoms with E-state index < -0.39 is 5.41 Å². The van der Waals surface area contributed by atoms with Crippen molar-refractivity contribution >= 4 is 41.4 Å². The lowest BCUT2D eigenvalue weighted by atomic mass is 9.68. The van der Waals surface area contributed by atoms with Crippen molar-refractivity contribution in [1.29, 1.82) is 0 Å². The molecule has 6 nitrogen and oxygen atoms in total. The molecule has 0 spiro atoms. The van der Waals surface area contributed by atoms with Crippen molar-refractivity contribution in [2.24, 2.45) is 0 Å². The molecule has 1 aromatic heterocycles. The van der Waals surface area contributed by atoms with Crippen LogP contribution >= 0.6 is 0 Å². The second kappa shape index (κ2) is 10.4. The number of carbonyl (C=O) groups excluding carboxylic acids is 1. The van der Waals surface area contributed by atoms with Gasteiger partial charge in [0.2, 0.25) is 0 Å². The zero-order valence-corrected chi connectivity index (χ0v) is 22.3. The van der Waals surface area contributed by atoms with E-state index in [2.05, 4.69) is 104 Å². The van der Waals surface area contributed by atoms with Crippen LogP contribution in [-0.2, 0) is 16.6 Å². The Morgan fingerprint density at radius 2 is 1.50 bits per heavy atom. The molecule has 1 aliphatic rings. The average molecular weight is 504 g/mol. The molecule has 3 aromatic carbocycles. The third-order valence-corrected chi connectivity index (χ3v) is 7.13. The lowest BCUT2D eigenvalue weighted by Crippen LogP contribution is -2.32. The monoisotopic (exact) mass is 503 g/mol. The summed E-state index contributed by atoms with van der Waals surface area (Å²) in [7, 11) is 8.25. The third kappa shape index (κ3) is 4.73. The van der Waals surface area contributed by atoms with Gasteiger partial charge >= 0.3 is 0 Å². The molecule has 1 aliphatic carbocycles. The van der Waals surface area contributed by atoms with Crippen LogP contribution in [0.15, 0.2) is 91.0 Å². The lowest BCUT2D eigenvalue weighted by Gasteiger charge is -2.36. The molecule has 0 saturated carbocycles. The van der Waals surface area contributed by atoms with Gasteiger partial charge in [-0.3, -0.25) is 4.79 Å². The van der Waals surface area contributed by atoms with Crippen LogP contribution in [-0.4, -0.2) is 44.3 Å². The van der Waals surface area contributed by atoms with Gasteiger partial charge in [0, 0.05) is 68.9 Å². The Labute approximate surface area is 224 Å². The number of benzene rings is 3. The normalized spacial score (nSPS) is 13.8. The Kier molecular flexibility index (Phi) is 6.88. The van der Waals surface area contributed by atoms with Crippen LogP contribution in [0, 0.1) is 0 Å². The molecular formula is C32H33N5O. The van der Waals surface area contributed by atoms with Crippen LogP contribution in [0.25, 0.3) is 12.3 Å². The summed E-state index contributed by atoms with van der Waals surface area (Å²) < 4.78 is 1.83. The fourth-order valence-corrected chi connectivity index (χ4v) is 5.06. The molecule has 0 unspecified atom stereocenters. The zero-order valence-electron chi connectivity index (χ0n) is 22.3. The first-order valence-electron chi connectivity index (χ1n) is 12.7. The highest BCUT2D eigenvalue weighted by Gasteiger charge is 2.38. The molecule has 0 aliphatic heterocycles. The Hall–Kier alpha value is -4.58. The molecule has 0 bridgehead atoms. The number of rotatable bonds is 8. The first kappa shape index (κ1) is 25.1. The van der Waals surface area contributed by atoms with Crippen LogP contribution in [0.4, 0.5) is 22.9 Å². The van der Waals surface area contributed by atoms with Gasteiger partial charge in [0.1, 0.15) is 6.29 Å². The van der Waals surface area contributed by atoms with Gasteiger partial charge in [0.15, 0.2) is 5.82 Å². The Morgan fingerprint density at radius 1 is 0.868 bits per heavy atom. The van der Waals surface area contributed by atoms with Gasteiger partial charge in [0.25, 0.3) is 0 Å². The number of anilines is 4. The van der Waals surface area contributed by atoms with Crippen LogP contribution in [0.2, 0.25) is 0 Å². The average Bonchev–Trinajstić information content (AvgIpc) is 3.28. The number of para-hydroxylation sites is 1. The van der Waals surface area contributed by atoms with Crippen LogP contribution in [0.1, 0.15) is 22.4 Å². The number of aldehydes is 1. The summed E-state index contributed by atoms with van der Waals surface area (Å²) in [6, 6.07) is 27.5. The molecule has 192 valence electrons. The molecule has 1 heterocycles. The summed E-state index contributed by atoms with van der Waals surface area (Å²) >= 11 is 0. The van der Waals surface area contributed by atoms with Crippen LogP contribution in [0.5, 0.6) is 0 Å². The molecule has 1 N–H and O–H groups in total. The SMILES string of the molecule is CN(C)c1cccc(C2(c3cccc(N(C)C)c3)C=Cc3c(Nc4ccccc4)nn(C=CC=O)c3C2)c1. The molecule has 0 atom stereocenters. The molecule has 0 fully saturated rings. The standard InChI is InChI=1S/C32H33N5O/c1-35(2)27-15-8-11-24(21-27)32(25-12-9-16-28(22-25)36(3)4)18-17-29-30(23-32)37(19-10-20-38)34-31(29)33-26-13-6-5-7-14-26/h5-22H,23H2,1-4H3,(H,33,34). The zero-order chi connectivity index (χ0) is 26.7. The maximum absolute atomic E-state index is 11.3. The summed E-state index contributed by atoms with van der Waals surface area (Å²) in [5.41, 5.74) is 7.28. The second-order valence-electron chi connectivity index (χ2n) is 9.99. The first-order valence-corrected chi connectivity index (χ1v) is 12.7. The highest BCUT2D eigenvalue weighted by molar-refractivity contribution is 5.77. The molecular weight excluding hydrogens is 470 g/mol. The van der Waals surface area contributed by atoms with E-state index in [4.69, 9.17) is 5.10 Å². The number of allylic oxidation sites excluding steroid dienone is 2. The van der Waals surface area contributed by atoms with Crippen molar-refractivity contribution in [3.63, 3.8) is 0 Å². The first-order chi connectivity index (χ1) is 18.4. The Morgan fingerprint density at radius 3 is 2.08 bits per heavy atom. The largest absolute Gasteiger partial charge is 0.378 e. The number of hydrogen-bond acceptors (Lipinski definition) is 5. The van der Waals surface area contributed by atoms with E-state index in [1.165, 1.54) is 17.2 Å². The molecule has 0 saturated heterocycles. The molecule has 6 heteroatoms. The van der Waals surface area contributed by atoms with Crippen molar-refractivity contribution in [3.05, 3.63) is 113 Å². The Bertz CT molecular complexity index is 1450. The number of aromatic nitrogens is 2. The van der Waals surface area contributed by atoms with Crippen molar-refractivity contribution in [3.8, 4) is 0 Å². The van der Waals surface area contributed by atoms with Crippen molar-refractivity contribution in [2.45, 2.75) is 11.8 Å². The van der Waals surface area contributed by atoms with Gasteiger partial charge in [-0.2, -0.15) is 0 Å². The van der Waals surface area contributed by atoms with Gasteiger partial charge in [0.05, 0.1) is 5.69 Å². The summed E-state index contributed by atoms with van der Waals surface area (Å²) in [4.78, 5) is 15.5. The van der Waals surface area contributed by atoms with E-state index in [0.29, 0.717) is 6.42 Å². The van der Waals surface area contributed by atoms with Crippen LogP contribution < -0.4 is 15.1 Å². The topological polar surface area (TPSA) is 53.4 Å². The van der Waals surface area contributed by atoms with Gasteiger partial charge < -0.3 is 15.1 Å². The fraction of sp³-hybridized carbons (Fsp3) is 0.188. The predicted molar refractivity (Wildman–Crippen MR) is 158 cm³/mol. The van der Waals surface area contributed by atoms with E-state index in [0.717, 1.165) is 40.4 Å². The summed E-state index contributed by atoms with van der Waals surface area (Å²) in [6.07, 6.45) is 9.17. The maximum Gasteiger partial charge on any atom is 0.160 e. The number of nitrogens with zero attached hydrogens (tertiary/aromatic N) is 4. The Balaban J connectivity index is 1.70. The molecule has 5 rings (SSSR count). The maximum atomic E-state index is 11.3. The van der Waals surface area contributed by atoms with Gasteiger partial charge in [-0.05, 0) is 53.6 Å². The predicted octanol–water partition coefficient (Wildman–Crippen LogP) is 5.98. The summed E-state index contributed by atoms with van der Waals surface area (Å²) in [6.45, 7) is 0. The highest BCUT2D eigenvalue weighted by atomic mass is 16.1. The number of nitrogens with one attached hydrogen (secondary N) is 1. The van der Waals surface area contributed by atoms with Gasteiger partial charge in [-0.1, -0.05) is 54.6 Å². The van der Waals surface area contributed by atoms with Crippen molar-refractivity contribution in [2.75, 3.05) is 43.3 Å². The quantitative estimate of drug-likeness (QED) is 0.237. The van der Waals surface area contributed by atoms with Crippen molar-refractivity contribution < 1.29 is 4.79 Å². The number of hydrogen-bond donors (Lipinski definition) is 1. The molecule has 0 radical (unpaired) electrons. The smallest absolute Gasteiger partial charge is 0.160 e. The van der Waals surface area contributed by atoms with E-state index in [1.807, 2.05) is 35.0 Å². The van der Waals surface area contributed by atoms with Gasteiger partial charge in [-0.15, -0.1) is 5.10 Å². The fourth-order valence-electron chi connectivity index (χ4n) is 5.06. The lowest BCUT2D eigenvalue weighted by molar-refractivity contribution is -0.104. The molecule has 38 heavy (non-hydrogen) atoms. The minimum atomic E-state index is -0.429. The molecule has 0 amide bonds. The van der Waals surface area contributed by atoms with E-state index >= 15 is 0 Å². The van der Waals surface area contributed by atoms with Gasteiger partial charge in [-0.25, -0.2) is 4.68 Å². The third-order valence-electron chi connectivity index (χ3n) is 7.13. The van der Waals surface area contributed by atoms with E-state index in [9.17, 15) is 4.79 Å². The van der Waals surface area contributed by atoms with Crippen molar-refractivity contribution in [1.82, 2.24) is 9.78 Å². The highest BCUT2D eigenvalue weighted by Crippen LogP contribution is 2.45. The minimum Gasteiger partial charge on any atom is -0.378 e. The number of carbonyl (C=O) groups is 1. The van der Waals surface area contributed by atoms with E-state index in [1.54, 1.807) is 6.20 Å². The molecule has 4 aromatic rings.